The lowest BCUT2D eigenvalue weighted by atomic mass is 10.1. The molecule has 138 valence electrons. The van der Waals surface area contributed by atoms with Gasteiger partial charge in [0.1, 0.15) is 12.1 Å². The summed E-state index contributed by atoms with van der Waals surface area (Å²) in [6, 6.07) is 10.1. The standard InChI is InChI=1S/C18H14Cl2N4O3/c1-10-3-5-13(7-11(10)2)27-18-16(24(25)26)17(21-9-22-18)23-15-8-12(19)4-6-14(15)20/h3-9H,1-2H3,(H,21,22,23). The van der Waals surface area contributed by atoms with Gasteiger partial charge in [-0.2, -0.15) is 4.98 Å². The monoisotopic (exact) mass is 404 g/mol. The molecule has 0 amide bonds. The van der Waals surface area contributed by atoms with Gasteiger partial charge in [-0.3, -0.25) is 10.1 Å². The molecule has 9 heteroatoms. The largest absolute Gasteiger partial charge is 0.434 e. The number of hydrogen-bond acceptors (Lipinski definition) is 6. The predicted molar refractivity (Wildman–Crippen MR) is 104 cm³/mol. The third-order valence-electron chi connectivity index (χ3n) is 3.85. The van der Waals surface area contributed by atoms with Crippen molar-refractivity contribution in [3.05, 3.63) is 74.0 Å². The van der Waals surface area contributed by atoms with Crippen molar-refractivity contribution in [2.75, 3.05) is 5.32 Å². The van der Waals surface area contributed by atoms with Gasteiger partial charge < -0.3 is 10.1 Å². The van der Waals surface area contributed by atoms with E-state index >= 15 is 0 Å². The zero-order chi connectivity index (χ0) is 19.6. The number of nitrogens with zero attached hydrogens (tertiary/aromatic N) is 3. The maximum absolute atomic E-state index is 11.6. The van der Waals surface area contributed by atoms with Crippen LogP contribution in [0.5, 0.6) is 11.6 Å². The molecule has 0 saturated carbocycles. The van der Waals surface area contributed by atoms with Crippen molar-refractivity contribution in [1.29, 1.82) is 0 Å². The fourth-order valence-electron chi connectivity index (χ4n) is 2.30. The van der Waals surface area contributed by atoms with Crippen LogP contribution in [-0.4, -0.2) is 14.9 Å². The van der Waals surface area contributed by atoms with Crippen molar-refractivity contribution in [2.45, 2.75) is 13.8 Å². The smallest absolute Gasteiger partial charge is 0.373 e. The van der Waals surface area contributed by atoms with Crippen molar-refractivity contribution < 1.29 is 9.66 Å². The SMILES string of the molecule is Cc1ccc(Oc2ncnc(Nc3cc(Cl)ccc3Cl)c2[N+](=O)[O-])cc1C. The topological polar surface area (TPSA) is 90.2 Å². The molecule has 7 nitrogen and oxygen atoms in total. The maximum atomic E-state index is 11.6. The summed E-state index contributed by atoms with van der Waals surface area (Å²) in [5, 5.41) is 15.2. The van der Waals surface area contributed by atoms with Crippen molar-refractivity contribution in [2.24, 2.45) is 0 Å². The number of nitrogens with one attached hydrogen (secondary N) is 1. The van der Waals surface area contributed by atoms with E-state index in [1.54, 1.807) is 30.3 Å². The molecule has 0 aliphatic heterocycles. The molecular weight excluding hydrogens is 391 g/mol. The van der Waals surface area contributed by atoms with Gasteiger partial charge in [0.15, 0.2) is 0 Å². The number of rotatable bonds is 5. The minimum atomic E-state index is -0.614. The van der Waals surface area contributed by atoms with Crippen LogP contribution in [0.1, 0.15) is 11.1 Å². The molecule has 0 bridgehead atoms. The Balaban J connectivity index is 2.00. The molecule has 27 heavy (non-hydrogen) atoms. The van der Waals surface area contributed by atoms with Crippen molar-refractivity contribution in [1.82, 2.24) is 9.97 Å². The van der Waals surface area contributed by atoms with E-state index in [1.807, 2.05) is 19.9 Å². The molecule has 2 aromatic carbocycles. The lowest BCUT2D eigenvalue weighted by Crippen LogP contribution is -2.04. The van der Waals surface area contributed by atoms with Crippen LogP contribution in [0.2, 0.25) is 10.0 Å². The summed E-state index contributed by atoms with van der Waals surface area (Å²) >= 11 is 12.1. The molecule has 0 spiro atoms. The lowest BCUT2D eigenvalue weighted by molar-refractivity contribution is -0.385. The van der Waals surface area contributed by atoms with Crippen LogP contribution >= 0.6 is 23.2 Å². The molecule has 0 aliphatic rings. The summed E-state index contributed by atoms with van der Waals surface area (Å²) in [7, 11) is 0. The summed E-state index contributed by atoms with van der Waals surface area (Å²) in [4.78, 5) is 18.9. The number of benzene rings is 2. The van der Waals surface area contributed by atoms with E-state index in [0.717, 1.165) is 11.1 Å². The van der Waals surface area contributed by atoms with Gasteiger partial charge in [-0.1, -0.05) is 29.3 Å². The summed E-state index contributed by atoms with van der Waals surface area (Å²) in [6.07, 6.45) is 1.17. The minimum Gasteiger partial charge on any atom is -0.434 e. The summed E-state index contributed by atoms with van der Waals surface area (Å²) in [5.41, 5.74) is 2.04. The summed E-state index contributed by atoms with van der Waals surface area (Å²) in [5.74, 6) is 0.198. The van der Waals surface area contributed by atoms with Crippen molar-refractivity contribution in [3.8, 4) is 11.6 Å². The van der Waals surface area contributed by atoms with E-state index in [4.69, 9.17) is 27.9 Å². The second kappa shape index (κ2) is 7.77. The molecule has 0 aliphatic carbocycles. The summed E-state index contributed by atoms with van der Waals surface area (Å²) < 4.78 is 5.65. The molecule has 1 aromatic heterocycles. The van der Waals surface area contributed by atoms with Crippen LogP contribution in [0.25, 0.3) is 0 Å². The highest BCUT2D eigenvalue weighted by Crippen LogP contribution is 2.37. The molecule has 0 saturated heterocycles. The number of nitro groups is 1. The van der Waals surface area contributed by atoms with Gasteiger partial charge in [-0.15, -0.1) is 0 Å². The van der Waals surface area contributed by atoms with E-state index in [0.29, 0.717) is 21.5 Å². The number of ether oxygens (including phenoxy) is 1. The fourth-order valence-corrected chi connectivity index (χ4v) is 2.64. The Labute approximate surface area is 165 Å². The first-order valence-corrected chi connectivity index (χ1v) is 8.57. The van der Waals surface area contributed by atoms with Gasteiger partial charge >= 0.3 is 11.6 Å². The van der Waals surface area contributed by atoms with Gasteiger partial charge in [0, 0.05) is 5.02 Å². The van der Waals surface area contributed by atoms with E-state index in [9.17, 15) is 10.1 Å². The summed E-state index contributed by atoms with van der Waals surface area (Å²) in [6.45, 7) is 3.88. The molecule has 0 fully saturated rings. The van der Waals surface area contributed by atoms with Crippen LogP contribution in [0.4, 0.5) is 17.2 Å². The van der Waals surface area contributed by atoms with E-state index in [-0.39, 0.29) is 11.7 Å². The third kappa shape index (κ3) is 4.27. The molecule has 1 heterocycles. The normalized spacial score (nSPS) is 10.5. The second-order valence-corrected chi connectivity index (χ2v) is 6.57. The lowest BCUT2D eigenvalue weighted by Gasteiger charge is -2.11. The van der Waals surface area contributed by atoms with E-state index < -0.39 is 10.6 Å². The van der Waals surface area contributed by atoms with Gasteiger partial charge in [0.05, 0.1) is 15.6 Å². The Morgan fingerprint density at radius 1 is 1.07 bits per heavy atom. The molecular formula is C18H14Cl2N4O3. The van der Waals surface area contributed by atoms with Gasteiger partial charge in [0.25, 0.3) is 0 Å². The number of aryl methyl sites for hydroxylation is 2. The van der Waals surface area contributed by atoms with E-state index in [2.05, 4.69) is 15.3 Å². The number of halogens is 2. The Bertz CT molecular complexity index is 1030. The molecule has 0 atom stereocenters. The first kappa shape index (κ1) is 18.9. The number of anilines is 2. The highest BCUT2D eigenvalue weighted by Gasteiger charge is 2.25. The number of hydrogen-bond donors (Lipinski definition) is 1. The fraction of sp³-hybridized carbons (Fsp3) is 0.111. The quantitative estimate of drug-likeness (QED) is 0.423. The van der Waals surface area contributed by atoms with E-state index in [1.165, 1.54) is 6.33 Å². The maximum Gasteiger partial charge on any atom is 0.373 e. The third-order valence-corrected chi connectivity index (χ3v) is 4.41. The van der Waals surface area contributed by atoms with Crippen LogP contribution in [0.15, 0.2) is 42.7 Å². The zero-order valence-electron chi connectivity index (χ0n) is 14.4. The average molecular weight is 405 g/mol. The average Bonchev–Trinajstić information content (AvgIpc) is 2.61. The zero-order valence-corrected chi connectivity index (χ0v) is 15.9. The number of aromatic nitrogens is 2. The minimum absolute atomic E-state index is 0.0574. The first-order chi connectivity index (χ1) is 12.8. The Morgan fingerprint density at radius 2 is 1.85 bits per heavy atom. The van der Waals surface area contributed by atoms with Crippen molar-refractivity contribution in [3.63, 3.8) is 0 Å². The van der Waals surface area contributed by atoms with Crippen LogP contribution in [0.3, 0.4) is 0 Å². The van der Waals surface area contributed by atoms with Gasteiger partial charge in [0.2, 0.25) is 5.82 Å². The van der Waals surface area contributed by atoms with Crippen LogP contribution < -0.4 is 10.1 Å². The first-order valence-electron chi connectivity index (χ1n) is 7.81. The highest BCUT2D eigenvalue weighted by atomic mass is 35.5. The highest BCUT2D eigenvalue weighted by molar-refractivity contribution is 6.35. The molecule has 0 radical (unpaired) electrons. The second-order valence-electron chi connectivity index (χ2n) is 5.73. The molecule has 1 N–H and O–H groups in total. The molecule has 3 aromatic rings. The van der Waals surface area contributed by atoms with Crippen LogP contribution in [0, 0.1) is 24.0 Å². The Kier molecular flexibility index (Phi) is 5.43. The predicted octanol–water partition coefficient (Wildman–Crippen LogP) is 5.84. The van der Waals surface area contributed by atoms with Gasteiger partial charge in [-0.25, -0.2) is 4.98 Å². The van der Waals surface area contributed by atoms with Crippen LogP contribution in [-0.2, 0) is 0 Å². The van der Waals surface area contributed by atoms with Gasteiger partial charge in [-0.05, 0) is 55.3 Å². The van der Waals surface area contributed by atoms with Crippen molar-refractivity contribution >= 4 is 40.4 Å². The Hall–Kier alpha value is -2.90. The Morgan fingerprint density at radius 3 is 2.56 bits per heavy atom. The molecule has 3 rings (SSSR count). The molecule has 0 unspecified atom stereocenters.